The number of carbonyl (C=O) groups excluding carboxylic acids is 1. The maximum absolute atomic E-state index is 12.0. The molecule has 0 saturated carbocycles. The van der Waals surface area contributed by atoms with Crippen molar-refractivity contribution in [2.24, 2.45) is 5.92 Å². The largest absolute Gasteiger partial charge is 0.496 e. The van der Waals surface area contributed by atoms with Crippen LogP contribution in [0.3, 0.4) is 0 Å². The molecule has 3 nitrogen and oxygen atoms in total. The molecule has 3 heteroatoms. The maximum atomic E-state index is 12.0. The summed E-state index contributed by atoms with van der Waals surface area (Å²) in [4.78, 5) is 12.0. The van der Waals surface area contributed by atoms with Crippen LogP contribution in [-0.2, 0) is 0 Å². The van der Waals surface area contributed by atoms with E-state index in [0.29, 0.717) is 17.2 Å². The number of para-hydroxylation sites is 1. The van der Waals surface area contributed by atoms with Gasteiger partial charge in [0.2, 0.25) is 0 Å². The molecule has 0 aromatic heterocycles. The van der Waals surface area contributed by atoms with Gasteiger partial charge in [0.1, 0.15) is 5.75 Å². The number of carbonyl (C=O) groups is 1. The van der Waals surface area contributed by atoms with Crippen LogP contribution in [0.4, 0.5) is 0 Å². The van der Waals surface area contributed by atoms with E-state index in [2.05, 4.69) is 19.2 Å². The molecule has 1 atom stereocenters. The zero-order valence-electron chi connectivity index (χ0n) is 11.0. The normalized spacial score (nSPS) is 12.3. The molecule has 0 aliphatic rings. The zero-order valence-corrected chi connectivity index (χ0v) is 11.0. The summed E-state index contributed by atoms with van der Waals surface area (Å²) >= 11 is 0. The van der Waals surface area contributed by atoms with Crippen LogP contribution < -0.4 is 10.1 Å². The third-order valence-corrected chi connectivity index (χ3v) is 2.55. The van der Waals surface area contributed by atoms with E-state index < -0.39 is 0 Å². The summed E-state index contributed by atoms with van der Waals surface area (Å²) in [5.41, 5.74) is 0.589. The summed E-state index contributed by atoms with van der Waals surface area (Å²) in [5, 5.41) is 2.98. The first-order chi connectivity index (χ1) is 8.04. The quantitative estimate of drug-likeness (QED) is 0.852. The number of amides is 1. The van der Waals surface area contributed by atoms with Crippen LogP contribution in [0.25, 0.3) is 0 Å². The monoisotopic (exact) mass is 235 g/mol. The molecule has 0 fully saturated rings. The lowest BCUT2D eigenvalue weighted by Crippen LogP contribution is -2.33. The first-order valence-electron chi connectivity index (χ1n) is 5.98. The fourth-order valence-electron chi connectivity index (χ4n) is 1.90. The second-order valence-electron chi connectivity index (χ2n) is 4.70. The highest BCUT2D eigenvalue weighted by atomic mass is 16.5. The number of benzene rings is 1. The maximum Gasteiger partial charge on any atom is 0.255 e. The van der Waals surface area contributed by atoms with E-state index in [1.807, 2.05) is 19.1 Å². The number of hydrogen-bond acceptors (Lipinski definition) is 2. The summed E-state index contributed by atoms with van der Waals surface area (Å²) < 4.78 is 5.17. The second-order valence-corrected chi connectivity index (χ2v) is 4.70. The minimum atomic E-state index is -0.0735. The van der Waals surface area contributed by atoms with Crippen molar-refractivity contribution in [3.63, 3.8) is 0 Å². The molecule has 0 aliphatic carbocycles. The van der Waals surface area contributed by atoms with Crippen LogP contribution in [-0.4, -0.2) is 19.1 Å². The summed E-state index contributed by atoms with van der Waals surface area (Å²) in [6, 6.07) is 7.43. The van der Waals surface area contributed by atoms with E-state index in [9.17, 15) is 4.79 Å². The van der Waals surface area contributed by atoms with Gasteiger partial charge < -0.3 is 10.1 Å². The van der Waals surface area contributed by atoms with Gasteiger partial charge in [0.15, 0.2) is 0 Å². The Morgan fingerprint density at radius 2 is 1.94 bits per heavy atom. The Hall–Kier alpha value is -1.51. The first-order valence-corrected chi connectivity index (χ1v) is 5.98. The average Bonchev–Trinajstić information content (AvgIpc) is 2.27. The second kappa shape index (κ2) is 6.28. The Labute approximate surface area is 103 Å². The molecule has 0 aliphatic heterocycles. The fraction of sp³-hybridized carbons (Fsp3) is 0.500. The molecule has 0 heterocycles. The van der Waals surface area contributed by atoms with Crippen molar-refractivity contribution in [1.82, 2.24) is 5.32 Å². The molecule has 1 N–H and O–H groups in total. The Morgan fingerprint density at radius 3 is 2.53 bits per heavy atom. The Balaban J connectivity index is 2.69. The molecule has 1 amide bonds. The Morgan fingerprint density at radius 1 is 1.29 bits per heavy atom. The standard InChI is InChI=1S/C14H21NO2/c1-10(2)9-11(3)15-14(16)12-7-5-6-8-13(12)17-4/h5-8,10-11H,9H2,1-4H3,(H,15,16). The van der Waals surface area contributed by atoms with Gasteiger partial charge in [-0.3, -0.25) is 4.79 Å². The number of nitrogens with one attached hydrogen (secondary N) is 1. The van der Waals surface area contributed by atoms with Gasteiger partial charge in [-0.25, -0.2) is 0 Å². The van der Waals surface area contributed by atoms with Crippen molar-refractivity contribution in [3.8, 4) is 5.75 Å². The van der Waals surface area contributed by atoms with Gasteiger partial charge in [0.05, 0.1) is 12.7 Å². The molecule has 0 spiro atoms. The molecular weight excluding hydrogens is 214 g/mol. The summed E-state index contributed by atoms with van der Waals surface area (Å²) in [6.45, 7) is 6.31. The van der Waals surface area contributed by atoms with Crippen LogP contribution in [0, 0.1) is 5.92 Å². The summed E-state index contributed by atoms with van der Waals surface area (Å²) in [7, 11) is 1.57. The van der Waals surface area contributed by atoms with E-state index in [-0.39, 0.29) is 11.9 Å². The third kappa shape index (κ3) is 4.10. The molecule has 1 rings (SSSR count). The average molecular weight is 235 g/mol. The lowest BCUT2D eigenvalue weighted by atomic mass is 10.0. The minimum Gasteiger partial charge on any atom is -0.496 e. The predicted octanol–water partition coefficient (Wildman–Crippen LogP) is 2.86. The smallest absolute Gasteiger partial charge is 0.255 e. The molecule has 94 valence electrons. The molecule has 1 aromatic carbocycles. The van der Waals surface area contributed by atoms with E-state index >= 15 is 0 Å². The Kier molecular flexibility index (Phi) is 5.01. The van der Waals surface area contributed by atoms with Crippen LogP contribution in [0.2, 0.25) is 0 Å². The summed E-state index contributed by atoms with van der Waals surface area (Å²) in [6.07, 6.45) is 0.973. The highest BCUT2D eigenvalue weighted by Crippen LogP contribution is 2.17. The van der Waals surface area contributed by atoms with Gasteiger partial charge in [-0.2, -0.15) is 0 Å². The highest BCUT2D eigenvalue weighted by Gasteiger charge is 2.14. The van der Waals surface area contributed by atoms with Gasteiger partial charge in [-0.1, -0.05) is 26.0 Å². The van der Waals surface area contributed by atoms with Crippen LogP contribution in [0.5, 0.6) is 5.75 Å². The van der Waals surface area contributed by atoms with Gasteiger partial charge >= 0.3 is 0 Å². The first kappa shape index (κ1) is 13.6. The van der Waals surface area contributed by atoms with Crippen molar-refractivity contribution in [2.45, 2.75) is 33.2 Å². The van der Waals surface area contributed by atoms with Crippen LogP contribution in [0.1, 0.15) is 37.6 Å². The zero-order chi connectivity index (χ0) is 12.8. The van der Waals surface area contributed by atoms with E-state index in [1.54, 1.807) is 19.2 Å². The molecule has 1 unspecified atom stereocenters. The van der Waals surface area contributed by atoms with Gasteiger partial charge in [0, 0.05) is 6.04 Å². The van der Waals surface area contributed by atoms with E-state index in [0.717, 1.165) is 6.42 Å². The molecule has 17 heavy (non-hydrogen) atoms. The number of rotatable bonds is 5. The van der Waals surface area contributed by atoms with Crippen LogP contribution >= 0.6 is 0 Å². The molecule has 0 saturated heterocycles. The lowest BCUT2D eigenvalue weighted by Gasteiger charge is -2.16. The van der Waals surface area contributed by atoms with Crippen molar-refractivity contribution in [1.29, 1.82) is 0 Å². The highest BCUT2D eigenvalue weighted by molar-refractivity contribution is 5.97. The van der Waals surface area contributed by atoms with Gasteiger partial charge in [0.25, 0.3) is 5.91 Å². The van der Waals surface area contributed by atoms with Crippen LogP contribution in [0.15, 0.2) is 24.3 Å². The number of methoxy groups -OCH3 is 1. The molecule has 1 aromatic rings. The Bertz CT molecular complexity index is 374. The number of ether oxygens (including phenoxy) is 1. The number of hydrogen-bond donors (Lipinski definition) is 1. The van der Waals surface area contributed by atoms with Crippen molar-refractivity contribution in [2.75, 3.05) is 7.11 Å². The topological polar surface area (TPSA) is 38.3 Å². The van der Waals surface area contributed by atoms with E-state index in [4.69, 9.17) is 4.74 Å². The summed E-state index contributed by atoms with van der Waals surface area (Å²) in [5.74, 6) is 1.11. The predicted molar refractivity (Wildman–Crippen MR) is 69.4 cm³/mol. The molecular formula is C14H21NO2. The van der Waals surface area contributed by atoms with Gasteiger partial charge in [-0.05, 0) is 31.4 Å². The van der Waals surface area contributed by atoms with E-state index in [1.165, 1.54) is 0 Å². The fourth-order valence-corrected chi connectivity index (χ4v) is 1.90. The lowest BCUT2D eigenvalue weighted by molar-refractivity contribution is 0.0933. The molecule has 0 radical (unpaired) electrons. The van der Waals surface area contributed by atoms with Gasteiger partial charge in [-0.15, -0.1) is 0 Å². The van der Waals surface area contributed by atoms with Crippen molar-refractivity contribution in [3.05, 3.63) is 29.8 Å². The third-order valence-electron chi connectivity index (χ3n) is 2.55. The molecule has 0 bridgehead atoms. The van der Waals surface area contributed by atoms with Crippen molar-refractivity contribution >= 4 is 5.91 Å². The SMILES string of the molecule is COc1ccccc1C(=O)NC(C)CC(C)C. The van der Waals surface area contributed by atoms with Crippen molar-refractivity contribution < 1.29 is 9.53 Å². The minimum absolute atomic E-state index is 0.0735.